The molecule has 0 saturated carbocycles. The fourth-order valence-electron chi connectivity index (χ4n) is 3.09. The van der Waals surface area contributed by atoms with E-state index in [2.05, 4.69) is 10.3 Å². The lowest BCUT2D eigenvalue weighted by Gasteiger charge is -2.19. The molecule has 1 amide bonds. The molecule has 7 nitrogen and oxygen atoms in total. The van der Waals surface area contributed by atoms with Gasteiger partial charge in [-0.15, -0.1) is 0 Å². The smallest absolute Gasteiger partial charge is 0.254 e. The molecule has 0 bridgehead atoms. The monoisotopic (exact) mass is 387 g/mol. The largest absolute Gasteiger partial charge is 0.454 e. The zero-order valence-electron chi connectivity index (χ0n) is 15.4. The van der Waals surface area contributed by atoms with E-state index < -0.39 is 0 Å². The van der Waals surface area contributed by atoms with Crippen LogP contribution in [0.15, 0.2) is 34.2 Å². The van der Waals surface area contributed by atoms with Gasteiger partial charge >= 0.3 is 0 Å². The Hall–Kier alpha value is -2.48. The van der Waals surface area contributed by atoms with Crippen LogP contribution in [0.3, 0.4) is 0 Å². The third-order valence-electron chi connectivity index (χ3n) is 4.54. The lowest BCUT2D eigenvalue weighted by atomic mass is 9.92. The highest BCUT2D eigenvalue weighted by Gasteiger charge is 2.29. The van der Waals surface area contributed by atoms with Crippen molar-refractivity contribution in [3.05, 3.63) is 40.3 Å². The lowest BCUT2D eigenvalue weighted by Crippen LogP contribution is -2.29. The van der Waals surface area contributed by atoms with Crippen LogP contribution in [0.1, 0.15) is 38.9 Å². The molecule has 2 aliphatic heterocycles. The third kappa shape index (κ3) is 3.53. The van der Waals surface area contributed by atoms with Crippen molar-refractivity contribution in [1.29, 1.82) is 0 Å². The Balaban J connectivity index is 1.49. The van der Waals surface area contributed by atoms with Crippen molar-refractivity contribution in [2.75, 3.05) is 17.9 Å². The maximum absolute atomic E-state index is 12.6. The maximum Gasteiger partial charge on any atom is 0.254 e. The van der Waals surface area contributed by atoms with Crippen LogP contribution >= 0.6 is 11.8 Å². The Kier molecular flexibility index (Phi) is 4.38. The van der Waals surface area contributed by atoms with Crippen LogP contribution in [-0.4, -0.2) is 28.0 Å². The second-order valence-corrected chi connectivity index (χ2v) is 8.65. The lowest BCUT2D eigenvalue weighted by molar-refractivity contribution is -0.116. The average Bonchev–Trinajstić information content (AvgIpc) is 3.20. The van der Waals surface area contributed by atoms with Crippen LogP contribution in [0.4, 0.5) is 5.69 Å². The number of thioether (sulfide) groups is 1. The Morgan fingerprint density at radius 3 is 2.85 bits per heavy atom. The normalized spacial score (nSPS) is 17.7. The minimum absolute atomic E-state index is 0.101. The number of fused-ring (bicyclic) bond motifs is 2. The second kappa shape index (κ2) is 6.60. The van der Waals surface area contributed by atoms with E-state index in [1.165, 1.54) is 11.8 Å². The van der Waals surface area contributed by atoms with Gasteiger partial charge in [-0.25, -0.2) is 4.98 Å². The second-order valence-electron chi connectivity index (χ2n) is 7.67. The topological polar surface area (TPSA) is 82.5 Å². The minimum Gasteiger partial charge on any atom is -0.454 e. The number of amides is 1. The van der Waals surface area contributed by atoms with Gasteiger partial charge in [0.05, 0.1) is 11.7 Å². The molecule has 1 aromatic carbocycles. The number of hydrogen-bond acceptors (Lipinski definition) is 6. The molecule has 0 radical (unpaired) electrons. The number of aromatic nitrogens is 2. The van der Waals surface area contributed by atoms with Gasteiger partial charge in [-0.3, -0.25) is 14.2 Å². The summed E-state index contributed by atoms with van der Waals surface area (Å²) in [7, 11) is 0. The minimum atomic E-state index is -0.201. The first-order valence-corrected chi connectivity index (χ1v) is 9.76. The van der Waals surface area contributed by atoms with Crippen molar-refractivity contribution in [1.82, 2.24) is 9.55 Å². The summed E-state index contributed by atoms with van der Waals surface area (Å²) in [6.07, 6.45) is 0.213. The summed E-state index contributed by atoms with van der Waals surface area (Å²) in [6, 6.07) is 6.65. The number of nitrogens with zero attached hydrogens (tertiary/aromatic N) is 2. The van der Waals surface area contributed by atoms with Crippen LogP contribution in [0.25, 0.3) is 0 Å². The van der Waals surface area contributed by atoms with Crippen molar-refractivity contribution in [3.63, 3.8) is 0 Å². The number of carbonyl (C=O) groups is 1. The van der Waals surface area contributed by atoms with Crippen molar-refractivity contribution in [2.24, 2.45) is 0 Å². The standard InChI is InChI=1S/C19H21N3O4S/c1-19(2,3)15-8-17(24)22-12(9-27-18(22)21-15)7-16(23)20-11-4-5-13-14(6-11)26-10-25-13/h4-6,8,12H,7,9-10H2,1-3H3,(H,20,23). The van der Waals surface area contributed by atoms with Gasteiger partial charge in [-0.05, 0) is 12.1 Å². The molecule has 8 heteroatoms. The summed E-state index contributed by atoms with van der Waals surface area (Å²) in [5, 5.41) is 3.55. The summed E-state index contributed by atoms with van der Waals surface area (Å²) in [5.41, 5.74) is 1.13. The first kappa shape index (κ1) is 17.9. The molecule has 0 saturated heterocycles. The van der Waals surface area contributed by atoms with E-state index in [9.17, 15) is 9.59 Å². The van der Waals surface area contributed by atoms with Crippen LogP contribution in [0.5, 0.6) is 11.5 Å². The van der Waals surface area contributed by atoms with Gasteiger partial charge in [0.25, 0.3) is 5.56 Å². The Bertz CT molecular complexity index is 964. The molecular formula is C19H21N3O4S. The van der Waals surface area contributed by atoms with Gasteiger partial charge in [-0.1, -0.05) is 32.5 Å². The summed E-state index contributed by atoms with van der Waals surface area (Å²) < 4.78 is 12.2. The molecular weight excluding hydrogens is 366 g/mol. The van der Waals surface area contributed by atoms with E-state index in [1.54, 1.807) is 28.8 Å². The highest BCUT2D eigenvalue weighted by molar-refractivity contribution is 7.99. The first-order chi connectivity index (χ1) is 12.8. The zero-order valence-corrected chi connectivity index (χ0v) is 16.3. The molecule has 1 N–H and O–H groups in total. The molecule has 0 spiro atoms. The number of hydrogen-bond donors (Lipinski definition) is 1. The summed E-state index contributed by atoms with van der Waals surface area (Å²) >= 11 is 1.52. The van der Waals surface area contributed by atoms with E-state index in [0.717, 1.165) is 5.69 Å². The van der Waals surface area contributed by atoms with Gasteiger partial charge in [0, 0.05) is 35.4 Å². The summed E-state index contributed by atoms with van der Waals surface area (Å²) in [4.78, 5) is 29.7. The molecule has 2 aromatic rings. The predicted molar refractivity (Wildman–Crippen MR) is 103 cm³/mol. The van der Waals surface area contributed by atoms with E-state index in [4.69, 9.17) is 9.47 Å². The first-order valence-electron chi connectivity index (χ1n) is 8.77. The van der Waals surface area contributed by atoms with Crippen molar-refractivity contribution < 1.29 is 14.3 Å². The van der Waals surface area contributed by atoms with Crippen molar-refractivity contribution in [3.8, 4) is 11.5 Å². The number of nitrogens with one attached hydrogen (secondary N) is 1. The van der Waals surface area contributed by atoms with Crippen molar-refractivity contribution >= 4 is 23.4 Å². The summed E-state index contributed by atoms with van der Waals surface area (Å²) in [5.74, 6) is 1.79. The highest BCUT2D eigenvalue weighted by atomic mass is 32.2. The SMILES string of the molecule is CC(C)(C)c1cc(=O)n2c(n1)SCC2CC(=O)Nc1ccc2c(c1)OCO2. The van der Waals surface area contributed by atoms with Crippen LogP contribution < -0.4 is 20.3 Å². The molecule has 142 valence electrons. The third-order valence-corrected chi connectivity index (χ3v) is 5.63. The quantitative estimate of drug-likeness (QED) is 0.816. The van der Waals surface area contributed by atoms with E-state index in [1.807, 2.05) is 20.8 Å². The fraction of sp³-hybridized carbons (Fsp3) is 0.421. The zero-order chi connectivity index (χ0) is 19.2. The van der Waals surface area contributed by atoms with Crippen LogP contribution in [0.2, 0.25) is 0 Å². The number of benzene rings is 1. The van der Waals surface area contributed by atoms with Crippen LogP contribution in [0, 0.1) is 0 Å². The van der Waals surface area contributed by atoms with Gasteiger partial charge in [0.15, 0.2) is 16.7 Å². The van der Waals surface area contributed by atoms with E-state index >= 15 is 0 Å². The molecule has 0 aliphatic carbocycles. The van der Waals surface area contributed by atoms with Gasteiger partial charge < -0.3 is 14.8 Å². The number of anilines is 1. The molecule has 1 atom stereocenters. The highest BCUT2D eigenvalue weighted by Crippen LogP contribution is 2.35. The Labute approximate surface area is 161 Å². The molecule has 3 heterocycles. The Morgan fingerprint density at radius 1 is 1.30 bits per heavy atom. The van der Waals surface area contributed by atoms with Crippen LogP contribution in [-0.2, 0) is 10.2 Å². The molecule has 1 unspecified atom stereocenters. The number of rotatable bonds is 3. The maximum atomic E-state index is 12.6. The predicted octanol–water partition coefficient (Wildman–Crippen LogP) is 2.95. The Morgan fingerprint density at radius 2 is 2.07 bits per heavy atom. The average molecular weight is 387 g/mol. The van der Waals surface area contributed by atoms with Gasteiger partial charge in [0.1, 0.15) is 0 Å². The fourth-order valence-corrected chi connectivity index (χ4v) is 4.24. The van der Waals surface area contributed by atoms with Crippen molar-refractivity contribution in [2.45, 2.75) is 43.8 Å². The molecule has 27 heavy (non-hydrogen) atoms. The van der Waals surface area contributed by atoms with Gasteiger partial charge in [-0.2, -0.15) is 0 Å². The van der Waals surface area contributed by atoms with E-state index in [-0.39, 0.29) is 36.1 Å². The summed E-state index contributed by atoms with van der Waals surface area (Å²) in [6.45, 7) is 6.28. The van der Waals surface area contributed by atoms with Gasteiger partial charge in [0.2, 0.25) is 12.7 Å². The molecule has 0 fully saturated rings. The molecule has 2 aliphatic rings. The number of carbonyl (C=O) groups excluding carboxylic acids is 1. The number of ether oxygens (including phenoxy) is 2. The molecule has 1 aromatic heterocycles. The molecule has 4 rings (SSSR count). The van der Waals surface area contributed by atoms with E-state index in [0.29, 0.717) is 28.1 Å².